The Morgan fingerprint density at radius 2 is 1.64 bits per heavy atom. The molecule has 0 aromatic carbocycles. The van der Waals surface area contributed by atoms with Crippen molar-refractivity contribution in [3.8, 4) is 0 Å². The topological polar surface area (TPSA) is 69.9 Å². The van der Waals surface area contributed by atoms with Gasteiger partial charge in [-0.25, -0.2) is 0 Å². The molecule has 86 valence electrons. The molecule has 0 amide bonds. The van der Waals surface area contributed by atoms with Crippen LogP contribution in [0.15, 0.2) is 0 Å². The van der Waals surface area contributed by atoms with Gasteiger partial charge in [0.05, 0.1) is 18.3 Å². The van der Waals surface area contributed by atoms with E-state index in [4.69, 9.17) is 4.74 Å². The first-order valence-corrected chi connectivity index (χ1v) is 5.14. The van der Waals surface area contributed by atoms with Crippen molar-refractivity contribution >= 4 is 0 Å². The van der Waals surface area contributed by atoms with E-state index >= 15 is 0 Å². The fourth-order valence-corrected chi connectivity index (χ4v) is 1.09. The molecule has 0 aliphatic rings. The van der Waals surface area contributed by atoms with Gasteiger partial charge >= 0.3 is 0 Å². The minimum atomic E-state index is -1.07. The molecule has 3 N–H and O–H groups in total. The molecule has 0 aromatic heterocycles. The molecule has 0 bridgehead atoms. The van der Waals surface area contributed by atoms with E-state index in [1.165, 1.54) is 0 Å². The Bertz CT molecular complexity index is 138. The van der Waals surface area contributed by atoms with Gasteiger partial charge in [0.2, 0.25) is 0 Å². The first kappa shape index (κ1) is 13.8. The van der Waals surface area contributed by atoms with Crippen LogP contribution < -0.4 is 0 Å². The predicted molar refractivity (Wildman–Crippen MR) is 54.0 cm³/mol. The van der Waals surface area contributed by atoms with E-state index in [-0.39, 0.29) is 6.10 Å². The zero-order chi connectivity index (χ0) is 11.1. The summed E-state index contributed by atoms with van der Waals surface area (Å²) >= 11 is 0. The van der Waals surface area contributed by atoms with Gasteiger partial charge in [0.1, 0.15) is 6.10 Å². The van der Waals surface area contributed by atoms with Crippen molar-refractivity contribution in [2.45, 2.75) is 58.0 Å². The summed E-state index contributed by atoms with van der Waals surface area (Å²) in [6.45, 7) is 5.96. The SMILES string of the molecule is CC[C@@H](O)[C@@H](O)[C@H](O)CCOC(C)C. The standard InChI is InChI=1S/C10H22O4/c1-4-8(11)10(13)9(12)5-6-14-7(2)3/h7-13H,4-6H2,1-3H3/t8-,9-,10-/m1/s1. The van der Waals surface area contributed by atoms with Gasteiger partial charge in [-0.1, -0.05) is 6.92 Å². The average Bonchev–Trinajstić information content (AvgIpc) is 2.14. The van der Waals surface area contributed by atoms with Crippen molar-refractivity contribution in [1.29, 1.82) is 0 Å². The van der Waals surface area contributed by atoms with E-state index in [0.29, 0.717) is 19.4 Å². The van der Waals surface area contributed by atoms with E-state index in [1.807, 2.05) is 13.8 Å². The monoisotopic (exact) mass is 206 g/mol. The van der Waals surface area contributed by atoms with E-state index in [0.717, 1.165) is 0 Å². The van der Waals surface area contributed by atoms with Crippen LogP contribution in [0.4, 0.5) is 0 Å². The van der Waals surface area contributed by atoms with Crippen LogP contribution in [0.1, 0.15) is 33.6 Å². The van der Waals surface area contributed by atoms with Crippen LogP contribution in [-0.4, -0.2) is 46.3 Å². The van der Waals surface area contributed by atoms with Gasteiger partial charge < -0.3 is 20.1 Å². The van der Waals surface area contributed by atoms with Gasteiger partial charge in [0.15, 0.2) is 0 Å². The lowest BCUT2D eigenvalue weighted by atomic mass is 10.0. The summed E-state index contributed by atoms with van der Waals surface area (Å²) in [5.74, 6) is 0. The van der Waals surface area contributed by atoms with Gasteiger partial charge in [0, 0.05) is 6.61 Å². The highest BCUT2D eigenvalue weighted by molar-refractivity contribution is 4.73. The Hall–Kier alpha value is -0.160. The molecule has 0 heterocycles. The van der Waals surface area contributed by atoms with Crippen molar-refractivity contribution < 1.29 is 20.1 Å². The molecule has 4 nitrogen and oxygen atoms in total. The molecule has 0 rings (SSSR count). The van der Waals surface area contributed by atoms with E-state index in [2.05, 4.69) is 0 Å². The molecule has 0 radical (unpaired) electrons. The highest BCUT2D eigenvalue weighted by Crippen LogP contribution is 2.07. The third-order valence-corrected chi connectivity index (χ3v) is 2.07. The summed E-state index contributed by atoms with van der Waals surface area (Å²) < 4.78 is 5.22. The maximum Gasteiger partial charge on any atom is 0.106 e. The summed E-state index contributed by atoms with van der Waals surface area (Å²) in [5.41, 5.74) is 0. The Kier molecular flexibility index (Phi) is 7.09. The zero-order valence-electron chi connectivity index (χ0n) is 9.18. The molecule has 4 heteroatoms. The molecule has 3 atom stereocenters. The number of hydrogen-bond donors (Lipinski definition) is 3. The molecular formula is C10H22O4. The smallest absolute Gasteiger partial charge is 0.106 e. The largest absolute Gasteiger partial charge is 0.390 e. The quantitative estimate of drug-likeness (QED) is 0.560. The number of hydrogen-bond acceptors (Lipinski definition) is 4. The fourth-order valence-electron chi connectivity index (χ4n) is 1.09. The van der Waals surface area contributed by atoms with Crippen LogP contribution in [-0.2, 0) is 4.74 Å². The molecule has 0 fully saturated rings. The zero-order valence-corrected chi connectivity index (χ0v) is 9.18. The van der Waals surface area contributed by atoms with Gasteiger partial charge in [-0.2, -0.15) is 0 Å². The molecule has 0 saturated heterocycles. The molecular weight excluding hydrogens is 184 g/mol. The number of aliphatic hydroxyl groups excluding tert-OH is 3. The molecule has 0 saturated carbocycles. The molecule has 0 aromatic rings. The lowest BCUT2D eigenvalue weighted by Gasteiger charge is -2.22. The minimum Gasteiger partial charge on any atom is -0.390 e. The van der Waals surface area contributed by atoms with Crippen LogP contribution in [0, 0.1) is 0 Å². The third kappa shape index (κ3) is 5.54. The summed E-state index contributed by atoms with van der Waals surface area (Å²) in [6, 6.07) is 0. The molecule has 0 aliphatic heterocycles. The lowest BCUT2D eigenvalue weighted by Crippen LogP contribution is -2.37. The number of ether oxygens (including phenoxy) is 1. The van der Waals surface area contributed by atoms with Crippen molar-refractivity contribution in [2.75, 3.05) is 6.61 Å². The predicted octanol–water partition coefficient (Wildman–Crippen LogP) is 0.294. The van der Waals surface area contributed by atoms with E-state index in [1.54, 1.807) is 6.92 Å². The normalized spacial score (nSPS) is 18.2. The summed E-state index contributed by atoms with van der Waals surface area (Å²) in [6.07, 6.45) is -1.95. The number of rotatable bonds is 7. The van der Waals surface area contributed by atoms with Crippen LogP contribution >= 0.6 is 0 Å². The lowest BCUT2D eigenvalue weighted by molar-refractivity contribution is -0.0722. The van der Waals surface area contributed by atoms with Crippen LogP contribution in [0.25, 0.3) is 0 Å². The van der Waals surface area contributed by atoms with Crippen LogP contribution in [0.5, 0.6) is 0 Å². The van der Waals surface area contributed by atoms with Crippen LogP contribution in [0.2, 0.25) is 0 Å². The summed E-state index contributed by atoms with van der Waals surface area (Å²) in [7, 11) is 0. The highest BCUT2D eigenvalue weighted by atomic mass is 16.5. The number of aliphatic hydroxyl groups is 3. The summed E-state index contributed by atoms with van der Waals surface area (Å²) in [5, 5.41) is 28.1. The van der Waals surface area contributed by atoms with Gasteiger partial charge in [-0.3, -0.25) is 0 Å². The summed E-state index contributed by atoms with van der Waals surface area (Å²) in [4.78, 5) is 0. The van der Waals surface area contributed by atoms with E-state index < -0.39 is 18.3 Å². The van der Waals surface area contributed by atoms with E-state index in [9.17, 15) is 15.3 Å². The van der Waals surface area contributed by atoms with Crippen LogP contribution in [0.3, 0.4) is 0 Å². The third-order valence-electron chi connectivity index (χ3n) is 2.07. The Morgan fingerprint density at radius 1 is 1.07 bits per heavy atom. The fraction of sp³-hybridized carbons (Fsp3) is 1.00. The Balaban J connectivity index is 3.67. The van der Waals surface area contributed by atoms with Gasteiger partial charge in [-0.05, 0) is 26.7 Å². The van der Waals surface area contributed by atoms with Crippen molar-refractivity contribution in [2.24, 2.45) is 0 Å². The first-order chi connectivity index (χ1) is 6.49. The van der Waals surface area contributed by atoms with Gasteiger partial charge in [0.25, 0.3) is 0 Å². The Morgan fingerprint density at radius 3 is 2.07 bits per heavy atom. The van der Waals surface area contributed by atoms with Gasteiger partial charge in [-0.15, -0.1) is 0 Å². The van der Waals surface area contributed by atoms with Crippen molar-refractivity contribution in [3.63, 3.8) is 0 Å². The average molecular weight is 206 g/mol. The second-order valence-electron chi connectivity index (χ2n) is 3.74. The Labute approximate surface area is 85.5 Å². The first-order valence-electron chi connectivity index (χ1n) is 5.14. The molecule has 0 unspecified atom stereocenters. The minimum absolute atomic E-state index is 0.121. The highest BCUT2D eigenvalue weighted by Gasteiger charge is 2.22. The maximum absolute atomic E-state index is 9.44. The van der Waals surface area contributed by atoms with Crippen molar-refractivity contribution in [1.82, 2.24) is 0 Å². The second kappa shape index (κ2) is 7.17. The molecule has 14 heavy (non-hydrogen) atoms. The molecule has 0 spiro atoms. The maximum atomic E-state index is 9.44. The molecule has 0 aliphatic carbocycles. The second-order valence-corrected chi connectivity index (χ2v) is 3.74. The van der Waals surface area contributed by atoms with Crippen molar-refractivity contribution in [3.05, 3.63) is 0 Å².